The number of halogens is 3. The fourth-order valence-electron chi connectivity index (χ4n) is 3.22. The second-order valence-corrected chi connectivity index (χ2v) is 7.45. The monoisotopic (exact) mass is 450 g/mol. The molecule has 0 saturated carbocycles. The van der Waals surface area contributed by atoms with E-state index in [0.29, 0.717) is 31.6 Å². The number of carbonyl (C=O) groups is 2. The predicted octanol–water partition coefficient (Wildman–Crippen LogP) is 4.97. The summed E-state index contributed by atoms with van der Waals surface area (Å²) in [5, 5.41) is 2.58. The molecule has 174 valence electrons. The highest BCUT2D eigenvalue weighted by Gasteiger charge is 2.42. The first-order chi connectivity index (χ1) is 15.4. The number of nitrogens with zero attached hydrogens (tertiary/aromatic N) is 1. The molecule has 2 aromatic rings. The van der Waals surface area contributed by atoms with Crippen molar-refractivity contribution in [1.29, 1.82) is 0 Å². The van der Waals surface area contributed by atoms with Crippen LogP contribution in [0.2, 0.25) is 0 Å². The SMILES string of the molecule is O=CNc1ccc(CCOCCCCCCN(Cc2ccccc2)C(=O)C(F)(F)F)cc1. The summed E-state index contributed by atoms with van der Waals surface area (Å²) < 4.78 is 44.3. The van der Waals surface area contributed by atoms with E-state index >= 15 is 0 Å². The summed E-state index contributed by atoms with van der Waals surface area (Å²) in [5.41, 5.74) is 2.52. The van der Waals surface area contributed by atoms with Gasteiger partial charge in [0.25, 0.3) is 0 Å². The second kappa shape index (κ2) is 13.5. The summed E-state index contributed by atoms with van der Waals surface area (Å²) >= 11 is 0. The molecule has 0 aliphatic rings. The third-order valence-electron chi connectivity index (χ3n) is 4.93. The molecule has 5 nitrogen and oxygen atoms in total. The average Bonchev–Trinajstić information content (AvgIpc) is 2.78. The van der Waals surface area contributed by atoms with E-state index in [2.05, 4.69) is 5.32 Å². The van der Waals surface area contributed by atoms with Crippen LogP contribution in [0.1, 0.15) is 36.8 Å². The molecule has 32 heavy (non-hydrogen) atoms. The second-order valence-electron chi connectivity index (χ2n) is 7.45. The minimum Gasteiger partial charge on any atom is -0.381 e. The Hall–Kier alpha value is -2.87. The smallest absolute Gasteiger partial charge is 0.381 e. The number of benzene rings is 2. The van der Waals surface area contributed by atoms with Gasteiger partial charge in [-0.15, -0.1) is 0 Å². The van der Waals surface area contributed by atoms with Crippen molar-refractivity contribution in [2.24, 2.45) is 0 Å². The number of anilines is 1. The van der Waals surface area contributed by atoms with Crippen molar-refractivity contribution in [3.05, 3.63) is 65.7 Å². The van der Waals surface area contributed by atoms with Gasteiger partial charge in [0.05, 0.1) is 6.61 Å². The summed E-state index contributed by atoms with van der Waals surface area (Å²) in [4.78, 5) is 23.0. The number of ether oxygens (including phenoxy) is 1. The van der Waals surface area contributed by atoms with Gasteiger partial charge in [-0.25, -0.2) is 0 Å². The molecule has 2 amide bonds. The Morgan fingerprint density at radius 2 is 1.59 bits per heavy atom. The van der Waals surface area contributed by atoms with Gasteiger partial charge in [0.1, 0.15) is 0 Å². The summed E-state index contributed by atoms with van der Waals surface area (Å²) in [6, 6.07) is 16.2. The molecular weight excluding hydrogens is 421 g/mol. The van der Waals surface area contributed by atoms with Crippen molar-refractivity contribution in [3.63, 3.8) is 0 Å². The van der Waals surface area contributed by atoms with Crippen LogP contribution in [0.4, 0.5) is 18.9 Å². The third kappa shape index (κ3) is 9.51. The highest BCUT2D eigenvalue weighted by atomic mass is 19.4. The molecule has 0 aliphatic heterocycles. The van der Waals surface area contributed by atoms with Crippen molar-refractivity contribution < 1.29 is 27.5 Å². The van der Waals surface area contributed by atoms with E-state index in [1.54, 1.807) is 30.3 Å². The highest BCUT2D eigenvalue weighted by molar-refractivity contribution is 5.81. The van der Waals surface area contributed by atoms with E-state index in [1.165, 1.54) is 0 Å². The zero-order valence-electron chi connectivity index (χ0n) is 17.9. The number of unbranched alkanes of at least 4 members (excludes halogenated alkanes) is 3. The maximum Gasteiger partial charge on any atom is 0.471 e. The van der Waals surface area contributed by atoms with Crippen LogP contribution in [0.25, 0.3) is 0 Å². The van der Waals surface area contributed by atoms with Gasteiger partial charge >= 0.3 is 12.1 Å². The molecule has 0 fully saturated rings. The molecule has 0 heterocycles. The van der Waals surface area contributed by atoms with Crippen LogP contribution in [-0.4, -0.2) is 43.2 Å². The standard InChI is InChI=1S/C24H29F3N2O3/c25-24(26,27)23(31)29(18-21-8-4-3-5-9-21)15-6-1-2-7-16-32-17-14-20-10-12-22(13-11-20)28-19-30/h3-5,8-13,19H,1-2,6-7,14-18H2,(H,28,30). The highest BCUT2D eigenvalue weighted by Crippen LogP contribution is 2.21. The Balaban J connectivity index is 1.61. The van der Waals surface area contributed by atoms with Crippen LogP contribution in [0.15, 0.2) is 54.6 Å². The fraction of sp³-hybridized carbons (Fsp3) is 0.417. The van der Waals surface area contributed by atoms with Gasteiger partial charge in [-0.05, 0) is 42.5 Å². The van der Waals surface area contributed by atoms with Crippen LogP contribution < -0.4 is 5.32 Å². The Morgan fingerprint density at radius 3 is 2.25 bits per heavy atom. The largest absolute Gasteiger partial charge is 0.471 e. The molecule has 0 aliphatic carbocycles. The van der Waals surface area contributed by atoms with Gasteiger partial charge < -0.3 is 15.0 Å². The van der Waals surface area contributed by atoms with Crippen LogP contribution in [0.3, 0.4) is 0 Å². The number of alkyl halides is 3. The van der Waals surface area contributed by atoms with Gasteiger partial charge in [0.2, 0.25) is 6.41 Å². The molecule has 0 aromatic heterocycles. The van der Waals surface area contributed by atoms with E-state index in [9.17, 15) is 22.8 Å². The van der Waals surface area contributed by atoms with E-state index in [-0.39, 0.29) is 13.1 Å². The van der Waals surface area contributed by atoms with Crippen molar-refractivity contribution >= 4 is 18.0 Å². The molecule has 8 heteroatoms. The summed E-state index contributed by atoms with van der Waals surface area (Å²) in [6.45, 7) is 1.18. The van der Waals surface area contributed by atoms with Crippen molar-refractivity contribution in [2.45, 2.75) is 44.8 Å². The number of hydrogen-bond acceptors (Lipinski definition) is 3. The van der Waals surface area contributed by atoms with Gasteiger partial charge in [-0.1, -0.05) is 55.3 Å². The average molecular weight is 451 g/mol. The number of hydrogen-bond donors (Lipinski definition) is 1. The molecule has 0 atom stereocenters. The Labute approximate surface area is 186 Å². The zero-order chi connectivity index (χ0) is 23.2. The van der Waals surface area contributed by atoms with Gasteiger partial charge in [0, 0.05) is 25.4 Å². The van der Waals surface area contributed by atoms with Gasteiger partial charge in [-0.2, -0.15) is 13.2 Å². The molecule has 0 spiro atoms. The van der Waals surface area contributed by atoms with Crippen molar-refractivity contribution in [1.82, 2.24) is 4.90 Å². The minimum atomic E-state index is -4.87. The van der Waals surface area contributed by atoms with E-state index < -0.39 is 12.1 Å². The molecule has 0 bridgehead atoms. The molecule has 1 N–H and O–H groups in total. The van der Waals surface area contributed by atoms with Crippen molar-refractivity contribution in [3.8, 4) is 0 Å². The Bertz CT molecular complexity index is 811. The number of carbonyl (C=O) groups excluding carboxylic acids is 2. The molecular formula is C24H29F3N2O3. The van der Waals surface area contributed by atoms with Crippen molar-refractivity contribution in [2.75, 3.05) is 25.1 Å². The fourth-order valence-corrected chi connectivity index (χ4v) is 3.22. The normalized spacial score (nSPS) is 11.2. The quantitative estimate of drug-likeness (QED) is 0.327. The molecule has 0 saturated heterocycles. The lowest BCUT2D eigenvalue weighted by molar-refractivity contribution is -0.186. The first kappa shape index (κ1) is 25.4. The summed E-state index contributed by atoms with van der Waals surface area (Å²) in [5.74, 6) is -1.79. The first-order valence-electron chi connectivity index (χ1n) is 10.7. The first-order valence-corrected chi connectivity index (χ1v) is 10.7. The van der Waals surface area contributed by atoms with Gasteiger partial charge in [0.15, 0.2) is 0 Å². The molecule has 0 radical (unpaired) electrons. The lowest BCUT2D eigenvalue weighted by Crippen LogP contribution is -2.41. The number of nitrogens with one attached hydrogen (secondary N) is 1. The minimum absolute atomic E-state index is 0.0471. The zero-order valence-corrected chi connectivity index (χ0v) is 17.9. The lowest BCUT2D eigenvalue weighted by Gasteiger charge is -2.24. The van der Waals surface area contributed by atoms with Crippen LogP contribution >= 0.6 is 0 Å². The Kier molecular flexibility index (Phi) is 10.7. The topological polar surface area (TPSA) is 58.6 Å². The van der Waals surface area contributed by atoms with Crippen LogP contribution in [-0.2, 0) is 27.3 Å². The van der Waals surface area contributed by atoms with E-state index in [1.807, 2.05) is 24.3 Å². The summed E-state index contributed by atoms with van der Waals surface area (Å²) in [6.07, 6.45) is -0.600. The maximum atomic E-state index is 12.9. The summed E-state index contributed by atoms with van der Waals surface area (Å²) in [7, 11) is 0. The number of amides is 2. The number of rotatable bonds is 14. The predicted molar refractivity (Wildman–Crippen MR) is 117 cm³/mol. The van der Waals surface area contributed by atoms with E-state index in [4.69, 9.17) is 4.74 Å². The third-order valence-corrected chi connectivity index (χ3v) is 4.93. The van der Waals surface area contributed by atoms with Gasteiger partial charge in [-0.3, -0.25) is 9.59 Å². The lowest BCUT2D eigenvalue weighted by atomic mass is 10.1. The van der Waals surface area contributed by atoms with Crippen LogP contribution in [0.5, 0.6) is 0 Å². The van der Waals surface area contributed by atoms with E-state index in [0.717, 1.165) is 41.8 Å². The molecule has 2 aromatic carbocycles. The molecule has 0 unspecified atom stereocenters. The Morgan fingerprint density at radius 1 is 0.906 bits per heavy atom. The molecule has 2 rings (SSSR count). The maximum absolute atomic E-state index is 12.9. The van der Waals surface area contributed by atoms with Crippen LogP contribution in [0, 0.1) is 0 Å².